The van der Waals surface area contributed by atoms with Crippen LogP contribution >= 0.6 is 0 Å². The van der Waals surface area contributed by atoms with Crippen LogP contribution in [0.1, 0.15) is 42.7 Å². The summed E-state index contributed by atoms with van der Waals surface area (Å²) >= 11 is 0. The zero-order valence-corrected chi connectivity index (χ0v) is 17.4. The van der Waals surface area contributed by atoms with Crippen LogP contribution < -0.4 is 14.8 Å². The number of nitrogens with one attached hydrogen (secondary N) is 1. The number of allylic oxidation sites excluding steroid dienone is 4. The lowest BCUT2D eigenvalue weighted by atomic mass is 9.72. The van der Waals surface area contributed by atoms with Gasteiger partial charge in [-0.3, -0.25) is 4.79 Å². The third-order valence-electron chi connectivity index (χ3n) is 5.97. The van der Waals surface area contributed by atoms with E-state index in [9.17, 15) is 10.1 Å². The number of dihydropyridines is 1. The van der Waals surface area contributed by atoms with Crippen LogP contribution in [0.2, 0.25) is 0 Å². The Hall–Kier alpha value is -3.52. The van der Waals surface area contributed by atoms with Crippen molar-refractivity contribution >= 4 is 5.78 Å². The number of Topliss-reactive ketones (excluding diaryl/α,β-unsaturated/α-hetero) is 1. The van der Waals surface area contributed by atoms with Gasteiger partial charge in [-0.25, -0.2) is 0 Å². The molecule has 30 heavy (non-hydrogen) atoms. The average molecular weight is 400 g/mol. The van der Waals surface area contributed by atoms with E-state index in [4.69, 9.17) is 9.47 Å². The maximum absolute atomic E-state index is 13.4. The Labute approximate surface area is 176 Å². The molecule has 0 saturated carbocycles. The molecule has 1 aliphatic carbocycles. The summed E-state index contributed by atoms with van der Waals surface area (Å²) in [7, 11) is 3.19. The number of carbonyl (C=O) groups excluding carboxylic acids is 1. The van der Waals surface area contributed by atoms with Gasteiger partial charge >= 0.3 is 0 Å². The number of methoxy groups -OCH3 is 2. The van der Waals surface area contributed by atoms with Crippen LogP contribution in [0.3, 0.4) is 0 Å². The van der Waals surface area contributed by atoms with Gasteiger partial charge in [0.1, 0.15) is 11.5 Å². The van der Waals surface area contributed by atoms with E-state index in [0.29, 0.717) is 29.1 Å². The molecule has 2 aromatic carbocycles. The van der Waals surface area contributed by atoms with Gasteiger partial charge in [0.05, 0.1) is 31.8 Å². The second kappa shape index (κ2) is 8.08. The Morgan fingerprint density at radius 2 is 1.83 bits per heavy atom. The molecule has 0 bridgehead atoms. The van der Waals surface area contributed by atoms with Crippen LogP contribution in [0, 0.1) is 11.3 Å². The summed E-state index contributed by atoms with van der Waals surface area (Å²) in [5.41, 5.74) is 4.79. The molecule has 0 aromatic heterocycles. The fourth-order valence-corrected chi connectivity index (χ4v) is 4.52. The molecule has 0 saturated heterocycles. The molecule has 0 spiro atoms. The molecule has 1 heterocycles. The van der Waals surface area contributed by atoms with Gasteiger partial charge in [0.2, 0.25) is 0 Å². The Balaban J connectivity index is 1.85. The van der Waals surface area contributed by atoms with Gasteiger partial charge in [-0.1, -0.05) is 30.3 Å². The molecule has 152 valence electrons. The number of benzene rings is 2. The minimum absolute atomic E-state index is 0.0627. The smallest absolute Gasteiger partial charge is 0.162 e. The first kappa shape index (κ1) is 19.8. The minimum Gasteiger partial charge on any atom is -0.497 e. The highest BCUT2D eigenvalue weighted by molar-refractivity contribution is 6.00. The quantitative estimate of drug-likeness (QED) is 0.813. The molecule has 0 radical (unpaired) electrons. The fraction of sp³-hybridized carbons (Fsp3) is 0.280. The first-order valence-electron chi connectivity index (χ1n) is 9.98. The van der Waals surface area contributed by atoms with Crippen LogP contribution in [-0.2, 0) is 4.79 Å². The lowest BCUT2D eigenvalue weighted by Gasteiger charge is -2.36. The predicted molar refractivity (Wildman–Crippen MR) is 114 cm³/mol. The molecule has 4 rings (SSSR count). The molecular formula is C25H24N2O3. The van der Waals surface area contributed by atoms with Crippen LogP contribution in [0.25, 0.3) is 0 Å². The van der Waals surface area contributed by atoms with Crippen molar-refractivity contribution in [2.75, 3.05) is 14.2 Å². The number of nitrogens with zero attached hydrogens (tertiary/aromatic N) is 1. The van der Waals surface area contributed by atoms with Gasteiger partial charge in [0.25, 0.3) is 0 Å². The van der Waals surface area contributed by atoms with E-state index in [0.717, 1.165) is 28.9 Å². The molecule has 5 nitrogen and oxygen atoms in total. The van der Waals surface area contributed by atoms with Crippen molar-refractivity contribution in [3.8, 4) is 17.6 Å². The maximum atomic E-state index is 13.4. The number of ketones is 1. The fourth-order valence-electron chi connectivity index (χ4n) is 4.52. The Kier molecular flexibility index (Phi) is 5.33. The number of ether oxygens (including phenoxy) is 2. The van der Waals surface area contributed by atoms with Crippen molar-refractivity contribution < 1.29 is 14.3 Å². The average Bonchev–Trinajstić information content (AvgIpc) is 2.78. The first-order valence-corrected chi connectivity index (χ1v) is 9.98. The third-order valence-corrected chi connectivity index (χ3v) is 5.97. The Morgan fingerprint density at radius 1 is 1.07 bits per heavy atom. The third kappa shape index (κ3) is 3.35. The zero-order chi connectivity index (χ0) is 21.3. The van der Waals surface area contributed by atoms with Crippen LogP contribution in [0.5, 0.6) is 11.5 Å². The molecule has 2 aromatic rings. The first-order chi connectivity index (χ1) is 14.6. The highest BCUT2D eigenvalue weighted by atomic mass is 16.5. The van der Waals surface area contributed by atoms with Crippen LogP contribution in [0.15, 0.2) is 71.1 Å². The molecule has 2 aliphatic rings. The van der Waals surface area contributed by atoms with E-state index in [2.05, 4.69) is 23.5 Å². The van der Waals surface area contributed by atoms with Crippen molar-refractivity contribution in [3.63, 3.8) is 0 Å². The molecular weight excluding hydrogens is 376 g/mol. The van der Waals surface area contributed by atoms with Gasteiger partial charge in [-0.2, -0.15) is 5.26 Å². The normalized spacial score (nSPS) is 20.9. The van der Waals surface area contributed by atoms with E-state index in [1.807, 2.05) is 43.3 Å². The number of hydrogen-bond donors (Lipinski definition) is 1. The second-order valence-electron chi connectivity index (χ2n) is 7.65. The Bertz CT molecular complexity index is 1090. The minimum atomic E-state index is -0.472. The summed E-state index contributed by atoms with van der Waals surface area (Å²) in [6, 6.07) is 17.9. The maximum Gasteiger partial charge on any atom is 0.162 e. The Morgan fingerprint density at radius 3 is 2.50 bits per heavy atom. The van der Waals surface area contributed by atoms with E-state index in [-0.39, 0.29) is 11.7 Å². The van der Waals surface area contributed by atoms with E-state index >= 15 is 0 Å². The lowest BCUT2D eigenvalue weighted by molar-refractivity contribution is -0.116. The number of carbonyl (C=O) groups is 1. The van der Waals surface area contributed by atoms with Gasteiger partial charge in [0.15, 0.2) is 5.78 Å². The standard InChI is InChI=1S/C25H24N2O3/c1-15-20(14-26)24(19-13-18(29-2)9-10-23(19)30-3)25-21(27-15)11-17(12-22(25)28)16-7-5-4-6-8-16/h4-10,13,17,24,27H,11-12H2,1-3H3/t17-,24+/m1/s1. The van der Waals surface area contributed by atoms with Gasteiger partial charge < -0.3 is 14.8 Å². The summed E-state index contributed by atoms with van der Waals surface area (Å²) in [5.74, 6) is 1.00. The van der Waals surface area contributed by atoms with Gasteiger partial charge in [-0.05, 0) is 43.0 Å². The number of nitriles is 1. The lowest BCUT2D eigenvalue weighted by Crippen LogP contribution is -2.33. The summed E-state index contributed by atoms with van der Waals surface area (Å²) in [6.45, 7) is 1.89. The summed E-state index contributed by atoms with van der Waals surface area (Å²) < 4.78 is 11.0. The van der Waals surface area contributed by atoms with Crippen molar-refractivity contribution in [2.24, 2.45) is 0 Å². The number of hydrogen-bond acceptors (Lipinski definition) is 5. The van der Waals surface area contributed by atoms with Crippen molar-refractivity contribution in [2.45, 2.75) is 31.6 Å². The van der Waals surface area contributed by atoms with Gasteiger partial charge in [0, 0.05) is 29.0 Å². The molecule has 2 atom stereocenters. The number of rotatable bonds is 4. The molecule has 0 fully saturated rings. The van der Waals surface area contributed by atoms with E-state index in [1.165, 1.54) is 0 Å². The van der Waals surface area contributed by atoms with Gasteiger partial charge in [-0.15, -0.1) is 0 Å². The second-order valence-corrected chi connectivity index (χ2v) is 7.65. The topological polar surface area (TPSA) is 71.3 Å². The summed E-state index contributed by atoms with van der Waals surface area (Å²) in [4.78, 5) is 13.4. The van der Waals surface area contributed by atoms with E-state index < -0.39 is 5.92 Å². The molecule has 5 heteroatoms. The molecule has 1 aliphatic heterocycles. The summed E-state index contributed by atoms with van der Waals surface area (Å²) in [5, 5.41) is 13.3. The van der Waals surface area contributed by atoms with Crippen molar-refractivity contribution in [1.29, 1.82) is 5.26 Å². The molecule has 1 N–H and O–H groups in total. The predicted octanol–water partition coefficient (Wildman–Crippen LogP) is 4.59. The summed E-state index contributed by atoms with van der Waals surface area (Å²) in [6.07, 6.45) is 1.15. The highest BCUT2D eigenvalue weighted by Gasteiger charge is 2.40. The SMILES string of the molecule is COc1ccc(OC)c([C@H]2C(C#N)=C(C)NC3=C2C(=O)C[C@H](c2ccccc2)C3)c1. The monoisotopic (exact) mass is 400 g/mol. The molecule has 0 unspecified atom stereocenters. The van der Waals surface area contributed by atoms with Crippen LogP contribution in [0.4, 0.5) is 0 Å². The van der Waals surface area contributed by atoms with E-state index in [1.54, 1.807) is 14.2 Å². The van der Waals surface area contributed by atoms with Crippen molar-refractivity contribution in [1.82, 2.24) is 5.32 Å². The largest absolute Gasteiger partial charge is 0.497 e. The van der Waals surface area contributed by atoms with Crippen LogP contribution in [-0.4, -0.2) is 20.0 Å². The molecule has 0 amide bonds. The van der Waals surface area contributed by atoms with Crippen molar-refractivity contribution in [3.05, 3.63) is 82.2 Å². The zero-order valence-electron chi connectivity index (χ0n) is 17.4. The highest BCUT2D eigenvalue weighted by Crippen LogP contribution is 2.47.